The van der Waals surface area contributed by atoms with Crippen LogP contribution in [0.15, 0.2) is 12.1 Å². The quantitative estimate of drug-likeness (QED) is 0.810. The summed E-state index contributed by atoms with van der Waals surface area (Å²) in [7, 11) is 1.41. The molecular weight excluding hydrogens is 254 g/mol. The third-order valence-electron chi connectivity index (χ3n) is 2.51. The summed E-state index contributed by atoms with van der Waals surface area (Å²) in [5.41, 5.74) is 6.12. The van der Waals surface area contributed by atoms with Gasteiger partial charge in [-0.05, 0) is 25.5 Å². The first kappa shape index (κ1) is 14.5. The molecule has 0 saturated carbocycles. The number of rotatable bonds is 6. The molecule has 1 heterocycles. The van der Waals surface area contributed by atoms with Crippen LogP contribution in [0, 0.1) is 6.92 Å². The van der Waals surface area contributed by atoms with E-state index >= 15 is 0 Å². The van der Waals surface area contributed by atoms with Crippen molar-refractivity contribution in [3.8, 4) is 0 Å². The smallest absolute Gasteiger partial charge is 0.315 e. The van der Waals surface area contributed by atoms with Gasteiger partial charge < -0.3 is 10.5 Å². The maximum atomic E-state index is 11.2. The minimum absolute atomic E-state index is 0.0720. The van der Waals surface area contributed by atoms with Crippen LogP contribution in [0.4, 0.5) is 0 Å². The molecule has 17 heavy (non-hydrogen) atoms. The van der Waals surface area contributed by atoms with Crippen LogP contribution < -0.4 is 5.73 Å². The van der Waals surface area contributed by atoms with Gasteiger partial charge in [0.15, 0.2) is 0 Å². The van der Waals surface area contributed by atoms with Crippen LogP contribution in [0.3, 0.4) is 0 Å². The topological polar surface area (TPSA) is 52.3 Å². The Bertz CT molecular complexity index is 365. The van der Waals surface area contributed by atoms with Crippen LogP contribution in [-0.2, 0) is 9.53 Å². The minimum atomic E-state index is -0.198. The molecule has 2 atom stereocenters. The first-order chi connectivity index (χ1) is 8.08. The second kappa shape index (κ2) is 7.03. The summed E-state index contributed by atoms with van der Waals surface area (Å²) in [5, 5.41) is 0.179. The number of hydrogen-bond acceptors (Lipinski definition) is 5. The summed E-state index contributed by atoms with van der Waals surface area (Å²) >= 11 is 3.31. The molecule has 1 aromatic heterocycles. The highest BCUT2D eigenvalue weighted by molar-refractivity contribution is 8.00. The van der Waals surface area contributed by atoms with E-state index in [4.69, 9.17) is 5.73 Å². The third-order valence-corrected chi connectivity index (χ3v) is 5.11. The lowest BCUT2D eigenvalue weighted by molar-refractivity contribution is -0.137. The van der Waals surface area contributed by atoms with E-state index in [9.17, 15) is 4.79 Å². The molecule has 0 aliphatic rings. The highest BCUT2D eigenvalue weighted by Gasteiger charge is 2.21. The van der Waals surface area contributed by atoms with Crippen molar-refractivity contribution in [1.29, 1.82) is 0 Å². The molecule has 0 radical (unpaired) electrons. The second-order valence-corrected chi connectivity index (χ2v) is 6.28. The summed E-state index contributed by atoms with van der Waals surface area (Å²) < 4.78 is 4.66. The van der Waals surface area contributed by atoms with Gasteiger partial charge in [-0.2, -0.15) is 0 Å². The number of esters is 1. The lowest BCUT2D eigenvalue weighted by Gasteiger charge is -2.20. The van der Waals surface area contributed by atoms with Crippen molar-refractivity contribution in [2.24, 2.45) is 5.73 Å². The molecule has 2 unspecified atom stereocenters. The second-order valence-electron chi connectivity index (χ2n) is 3.83. The van der Waals surface area contributed by atoms with Gasteiger partial charge >= 0.3 is 5.97 Å². The van der Waals surface area contributed by atoms with Crippen molar-refractivity contribution in [3.63, 3.8) is 0 Å². The molecule has 0 fully saturated rings. The average molecular weight is 273 g/mol. The van der Waals surface area contributed by atoms with E-state index in [0.29, 0.717) is 5.75 Å². The van der Waals surface area contributed by atoms with E-state index in [2.05, 4.69) is 30.7 Å². The number of hydrogen-bond donors (Lipinski definition) is 1. The van der Waals surface area contributed by atoms with Gasteiger partial charge in [0.05, 0.1) is 18.1 Å². The van der Waals surface area contributed by atoms with Crippen LogP contribution in [0.25, 0.3) is 0 Å². The van der Waals surface area contributed by atoms with Crippen molar-refractivity contribution >= 4 is 29.1 Å². The molecule has 96 valence electrons. The molecule has 0 amide bonds. The summed E-state index contributed by atoms with van der Waals surface area (Å²) in [5.74, 6) is 0.155. The highest BCUT2D eigenvalue weighted by Crippen LogP contribution is 2.36. The van der Waals surface area contributed by atoms with Gasteiger partial charge in [-0.3, -0.25) is 4.79 Å². The van der Waals surface area contributed by atoms with Crippen molar-refractivity contribution in [3.05, 3.63) is 21.9 Å². The minimum Gasteiger partial charge on any atom is -0.468 e. The monoisotopic (exact) mass is 273 g/mol. The lowest BCUT2D eigenvalue weighted by atomic mass is 10.1. The molecule has 0 aliphatic heterocycles. The zero-order chi connectivity index (χ0) is 12.8. The van der Waals surface area contributed by atoms with E-state index in [-0.39, 0.29) is 17.3 Å². The Morgan fingerprint density at radius 1 is 1.59 bits per heavy atom. The summed E-state index contributed by atoms with van der Waals surface area (Å²) in [6.45, 7) is 4.14. The van der Waals surface area contributed by atoms with Crippen LogP contribution in [0.1, 0.15) is 28.3 Å². The fraction of sp³-hybridized carbons (Fsp3) is 0.583. The lowest BCUT2D eigenvalue weighted by Crippen LogP contribution is -2.26. The Morgan fingerprint density at radius 3 is 2.76 bits per heavy atom. The van der Waals surface area contributed by atoms with Gasteiger partial charge in [-0.1, -0.05) is 6.92 Å². The average Bonchev–Trinajstić information content (AvgIpc) is 2.75. The number of carbonyl (C=O) groups excluding carboxylic acids is 1. The molecule has 0 aliphatic carbocycles. The summed E-state index contributed by atoms with van der Waals surface area (Å²) in [6, 6.07) is 4.26. The molecule has 0 spiro atoms. The first-order valence-electron chi connectivity index (χ1n) is 5.58. The van der Waals surface area contributed by atoms with Crippen molar-refractivity contribution in [1.82, 2.24) is 0 Å². The number of methoxy groups -OCH3 is 1. The fourth-order valence-corrected chi connectivity index (χ4v) is 3.85. The number of thioether (sulfide) groups is 1. The van der Waals surface area contributed by atoms with E-state index in [1.54, 1.807) is 23.1 Å². The van der Waals surface area contributed by atoms with Crippen molar-refractivity contribution < 1.29 is 9.53 Å². The summed E-state index contributed by atoms with van der Waals surface area (Å²) in [4.78, 5) is 13.7. The fourth-order valence-electron chi connectivity index (χ4n) is 1.45. The van der Waals surface area contributed by atoms with E-state index in [1.807, 2.05) is 0 Å². The van der Waals surface area contributed by atoms with Gasteiger partial charge in [0.2, 0.25) is 0 Å². The van der Waals surface area contributed by atoms with Gasteiger partial charge in [-0.25, -0.2) is 0 Å². The van der Waals surface area contributed by atoms with Gasteiger partial charge in [-0.15, -0.1) is 23.1 Å². The largest absolute Gasteiger partial charge is 0.468 e. The Morgan fingerprint density at radius 2 is 2.29 bits per heavy atom. The normalized spacial score (nSPS) is 14.4. The molecule has 3 nitrogen and oxygen atoms in total. The zero-order valence-corrected chi connectivity index (χ0v) is 12.1. The molecule has 2 N–H and O–H groups in total. The summed E-state index contributed by atoms with van der Waals surface area (Å²) in [6.07, 6.45) is 0.899. The number of aryl methyl sites for hydroxylation is 1. The Balaban J connectivity index is 2.70. The van der Waals surface area contributed by atoms with Crippen LogP contribution in [0.2, 0.25) is 0 Å². The highest BCUT2D eigenvalue weighted by atomic mass is 32.2. The van der Waals surface area contributed by atoms with Crippen LogP contribution >= 0.6 is 23.1 Å². The molecule has 1 aromatic rings. The maximum absolute atomic E-state index is 11.2. The van der Waals surface area contributed by atoms with E-state index in [0.717, 1.165) is 6.42 Å². The Labute approximate surface area is 111 Å². The molecule has 1 rings (SSSR count). The van der Waals surface area contributed by atoms with Gasteiger partial charge in [0, 0.05) is 15.8 Å². The van der Waals surface area contributed by atoms with E-state index in [1.165, 1.54) is 16.9 Å². The Kier molecular flexibility index (Phi) is 6.02. The zero-order valence-electron chi connectivity index (χ0n) is 10.4. The number of carbonyl (C=O) groups is 1. The van der Waals surface area contributed by atoms with Crippen molar-refractivity contribution in [2.75, 3.05) is 12.9 Å². The predicted molar refractivity (Wildman–Crippen MR) is 74.5 cm³/mol. The third kappa shape index (κ3) is 4.33. The Hall–Kier alpha value is -0.520. The van der Waals surface area contributed by atoms with E-state index < -0.39 is 0 Å². The molecular formula is C12H19NO2S2. The molecule has 5 heteroatoms. The number of thiophene rings is 1. The number of nitrogens with two attached hydrogens (primary N) is 1. The predicted octanol–water partition coefficient (Wildman–Crippen LogP) is 2.74. The first-order valence-corrected chi connectivity index (χ1v) is 7.45. The number of ether oxygens (including phenoxy) is 1. The maximum Gasteiger partial charge on any atom is 0.315 e. The molecule has 0 aromatic carbocycles. The SMILES string of the molecule is CCC(N)C(SCC(=O)OC)c1ccc(C)s1. The van der Waals surface area contributed by atoms with Gasteiger partial charge in [0.25, 0.3) is 0 Å². The standard InChI is InChI=1S/C12H19NO2S2/c1-4-9(13)12(16-7-11(14)15-3)10-6-5-8(2)17-10/h5-6,9,12H,4,7,13H2,1-3H3. The van der Waals surface area contributed by atoms with Crippen LogP contribution in [-0.4, -0.2) is 24.9 Å². The molecule has 0 bridgehead atoms. The molecule has 0 saturated heterocycles. The van der Waals surface area contributed by atoms with Crippen LogP contribution in [0.5, 0.6) is 0 Å². The van der Waals surface area contributed by atoms with Crippen molar-refractivity contribution in [2.45, 2.75) is 31.6 Å². The van der Waals surface area contributed by atoms with Gasteiger partial charge in [0.1, 0.15) is 0 Å².